The Morgan fingerprint density at radius 3 is 2.56 bits per heavy atom. The number of hydrogen-bond donors (Lipinski definition) is 3. The maximum absolute atomic E-state index is 12.5. The van der Waals surface area contributed by atoms with Gasteiger partial charge in [-0.1, -0.05) is 13.3 Å². The van der Waals surface area contributed by atoms with Gasteiger partial charge in [0.15, 0.2) is 5.11 Å². The molecule has 3 aromatic rings. The Hall–Kier alpha value is -3.36. The number of unbranched alkanes of at least 4 members (excludes halogenated alkanes) is 1. The van der Waals surface area contributed by atoms with Crippen molar-refractivity contribution < 1.29 is 23.8 Å². The van der Waals surface area contributed by atoms with E-state index in [1.165, 1.54) is 0 Å². The third-order valence-corrected chi connectivity index (χ3v) is 4.85. The van der Waals surface area contributed by atoms with Gasteiger partial charge in [0, 0.05) is 11.3 Å². The maximum atomic E-state index is 12.5. The second kappa shape index (κ2) is 11.3. The Kier molecular flexibility index (Phi) is 8.24. The van der Waals surface area contributed by atoms with Gasteiger partial charge in [-0.25, -0.2) is 0 Å². The number of amides is 1. The average Bonchev–Trinajstić information content (AvgIpc) is 3.29. The summed E-state index contributed by atoms with van der Waals surface area (Å²) in [5, 5.41) is 15.1. The van der Waals surface area contributed by atoms with Crippen molar-refractivity contribution in [3.05, 3.63) is 65.9 Å². The van der Waals surface area contributed by atoms with E-state index in [1.54, 1.807) is 61.7 Å². The molecule has 3 N–H and O–H groups in total. The SMILES string of the molecule is CCCCOc1ccc(C(=O)NC(=S)Nc2ccc(OC)c(-c3ccc(CO)o3)c2)cc1. The average molecular weight is 455 g/mol. The Morgan fingerprint density at radius 1 is 1.12 bits per heavy atom. The van der Waals surface area contributed by atoms with Gasteiger partial charge in [0.25, 0.3) is 5.91 Å². The molecule has 1 aromatic heterocycles. The van der Waals surface area contributed by atoms with E-state index in [4.69, 9.17) is 26.1 Å². The minimum Gasteiger partial charge on any atom is -0.496 e. The number of benzene rings is 2. The van der Waals surface area contributed by atoms with Crippen molar-refractivity contribution in [2.24, 2.45) is 0 Å². The zero-order chi connectivity index (χ0) is 22.9. The number of aliphatic hydroxyl groups is 1. The minimum absolute atomic E-state index is 0.157. The molecular formula is C24H26N2O5S. The highest BCUT2D eigenvalue weighted by molar-refractivity contribution is 7.80. The molecule has 1 heterocycles. The number of carbonyl (C=O) groups is 1. The van der Waals surface area contributed by atoms with E-state index in [9.17, 15) is 9.90 Å². The van der Waals surface area contributed by atoms with Gasteiger partial charge in [-0.2, -0.15) is 0 Å². The fourth-order valence-electron chi connectivity index (χ4n) is 2.96. The monoisotopic (exact) mass is 454 g/mol. The molecule has 32 heavy (non-hydrogen) atoms. The molecule has 1 amide bonds. The van der Waals surface area contributed by atoms with Crippen molar-refractivity contribution in [3.63, 3.8) is 0 Å². The van der Waals surface area contributed by atoms with Crippen LogP contribution >= 0.6 is 12.2 Å². The van der Waals surface area contributed by atoms with Crippen LogP contribution < -0.4 is 20.1 Å². The first-order valence-electron chi connectivity index (χ1n) is 10.3. The molecule has 0 spiro atoms. The summed E-state index contributed by atoms with van der Waals surface area (Å²) in [5.74, 6) is 2.00. The number of anilines is 1. The van der Waals surface area contributed by atoms with Crippen LogP contribution in [0.2, 0.25) is 0 Å². The lowest BCUT2D eigenvalue weighted by atomic mass is 10.1. The molecule has 0 aliphatic carbocycles. The lowest BCUT2D eigenvalue weighted by molar-refractivity contribution is 0.0977. The summed E-state index contributed by atoms with van der Waals surface area (Å²) < 4.78 is 16.6. The molecule has 0 saturated heterocycles. The lowest BCUT2D eigenvalue weighted by Crippen LogP contribution is -2.34. The maximum Gasteiger partial charge on any atom is 0.257 e. The third kappa shape index (κ3) is 6.09. The molecule has 0 bridgehead atoms. The molecule has 2 aromatic carbocycles. The molecular weight excluding hydrogens is 428 g/mol. The predicted octanol–water partition coefficient (Wildman–Crippen LogP) is 4.75. The van der Waals surface area contributed by atoms with Gasteiger partial charge < -0.3 is 24.3 Å². The van der Waals surface area contributed by atoms with Gasteiger partial charge in [-0.15, -0.1) is 0 Å². The fraction of sp³-hybridized carbons (Fsp3) is 0.250. The van der Waals surface area contributed by atoms with Crippen molar-refractivity contribution in [3.8, 4) is 22.8 Å². The van der Waals surface area contributed by atoms with Gasteiger partial charge >= 0.3 is 0 Å². The van der Waals surface area contributed by atoms with Crippen LogP contribution in [0.4, 0.5) is 5.69 Å². The predicted molar refractivity (Wildman–Crippen MR) is 127 cm³/mol. The first kappa shape index (κ1) is 23.3. The Balaban J connectivity index is 1.64. The number of rotatable bonds is 9. The Morgan fingerprint density at radius 2 is 1.91 bits per heavy atom. The molecule has 0 saturated carbocycles. The number of thiocarbonyl (C=S) groups is 1. The van der Waals surface area contributed by atoms with Gasteiger partial charge in [0.2, 0.25) is 0 Å². The number of furan rings is 1. The number of hydrogen-bond acceptors (Lipinski definition) is 6. The molecule has 3 rings (SSSR count). The highest BCUT2D eigenvalue weighted by Crippen LogP contribution is 2.33. The summed E-state index contributed by atoms with van der Waals surface area (Å²) in [6, 6.07) is 15.7. The molecule has 0 atom stereocenters. The quantitative estimate of drug-likeness (QED) is 0.317. The second-order valence-electron chi connectivity index (χ2n) is 6.97. The van der Waals surface area contributed by atoms with Crippen LogP contribution in [0, 0.1) is 0 Å². The molecule has 0 unspecified atom stereocenters. The third-order valence-electron chi connectivity index (χ3n) is 4.65. The van der Waals surface area contributed by atoms with Crippen LogP contribution in [0.1, 0.15) is 35.9 Å². The molecule has 0 radical (unpaired) electrons. The van der Waals surface area contributed by atoms with E-state index >= 15 is 0 Å². The summed E-state index contributed by atoms with van der Waals surface area (Å²) in [6.45, 7) is 2.56. The molecule has 7 nitrogen and oxygen atoms in total. The zero-order valence-electron chi connectivity index (χ0n) is 18.0. The summed E-state index contributed by atoms with van der Waals surface area (Å²) in [6.07, 6.45) is 2.05. The topological polar surface area (TPSA) is 93.0 Å². The van der Waals surface area contributed by atoms with Gasteiger partial charge in [0.1, 0.15) is 29.6 Å². The van der Waals surface area contributed by atoms with Crippen molar-refractivity contribution in [1.82, 2.24) is 5.32 Å². The highest BCUT2D eigenvalue weighted by atomic mass is 32.1. The largest absolute Gasteiger partial charge is 0.496 e. The minimum atomic E-state index is -0.324. The van der Waals surface area contributed by atoms with Crippen LogP contribution in [0.15, 0.2) is 59.0 Å². The highest BCUT2D eigenvalue weighted by Gasteiger charge is 2.13. The zero-order valence-corrected chi connectivity index (χ0v) is 18.8. The number of ether oxygens (including phenoxy) is 2. The molecule has 0 aliphatic heterocycles. The van der Waals surface area contributed by atoms with Crippen LogP contribution in [0.5, 0.6) is 11.5 Å². The Labute approximate surface area is 192 Å². The number of aliphatic hydroxyl groups excluding tert-OH is 1. The Bertz CT molecular complexity index is 1060. The van der Waals surface area contributed by atoms with Crippen molar-refractivity contribution >= 4 is 28.9 Å². The van der Waals surface area contributed by atoms with E-state index < -0.39 is 0 Å². The van der Waals surface area contributed by atoms with Gasteiger partial charge in [-0.05, 0) is 73.2 Å². The molecule has 0 fully saturated rings. The van der Waals surface area contributed by atoms with Crippen LogP contribution in [-0.4, -0.2) is 29.8 Å². The van der Waals surface area contributed by atoms with Crippen LogP contribution in [-0.2, 0) is 6.61 Å². The van der Waals surface area contributed by atoms with E-state index in [2.05, 4.69) is 17.6 Å². The van der Waals surface area contributed by atoms with Crippen molar-refractivity contribution in [2.75, 3.05) is 19.0 Å². The van der Waals surface area contributed by atoms with Crippen molar-refractivity contribution in [2.45, 2.75) is 26.4 Å². The van der Waals surface area contributed by atoms with E-state index in [1.807, 2.05) is 0 Å². The first-order chi connectivity index (χ1) is 15.5. The molecule has 168 valence electrons. The second-order valence-corrected chi connectivity index (χ2v) is 7.38. The smallest absolute Gasteiger partial charge is 0.257 e. The fourth-order valence-corrected chi connectivity index (χ4v) is 3.17. The standard InChI is InChI=1S/C24H26N2O5S/c1-3-4-13-30-18-8-5-16(6-9-18)23(28)26-24(32)25-17-7-11-21(29-2)20(14-17)22-12-10-19(15-27)31-22/h5-12,14,27H,3-4,13,15H2,1-2H3,(H2,25,26,28,32). The number of methoxy groups -OCH3 is 1. The summed E-state index contributed by atoms with van der Waals surface area (Å²) in [5.41, 5.74) is 1.80. The lowest BCUT2D eigenvalue weighted by Gasteiger charge is -2.13. The van der Waals surface area contributed by atoms with E-state index in [0.29, 0.717) is 40.7 Å². The van der Waals surface area contributed by atoms with Gasteiger partial charge in [0.05, 0.1) is 19.3 Å². The van der Waals surface area contributed by atoms with Crippen LogP contribution in [0.25, 0.3) is 11.3 Å². The summed E-state index contributed by atoms with van der Waals surface area (Å²) in [4.78, 5) is 12.5. The van der Waals surface area contributed by atoms with Gasteiger partial charge in [-0.3, -0.25) is 10.1 Å². The number of nitrogens with one attached hydrogen (secondary N) is 2. The molecule has 8 heteroatoms. The van der Waals surface area contributed by atoms with E-state index in [0.717, 1.165) is 18.6 Å². The molecule has 0 aliphatic rings. The number of carbonyl (C=O) groups excluding carboxylic acids is 1. The summed E-state index contributed by atoms with van der Waals surface area (Å²) >= 11 is 5.30. The van der Waals surface area contributed by atoms with Crippen LogP contribution in [0.3, 0.4) is 0 Å². The van der Waals surface area contributed by atoms with Crippen molar-refractivity contribution in [1.29, 1.82) is 0 Å². The summed E-state index contributed by atoms with van der Waals surface area (Å²) in [7, 11) is 1.56. The first-order valence-corrected chi connectivity index (χ1v) is 10.7. The van der Waals surface area contributed by atoms with E-state index in [-0.39, 0.29) is 17.6 Å². The normalized spacial score (nSPS) is 10.5.